The maximum atomic E-state index is 12.9. The summed E-state index contributed by atoms with van der Waals surface area (Å²) in [6, 6.07) is 30.6. The quantitative estimate of drug-likeness (QED) is 0.156. The molecule has 1 aromatic heterocycles. The number of hydrogen-bond donors (Lipinski definition) is 0. The molecule has 188 valence electrons. The van der Waals surface area contributed by atoms with Crippen LogP contribution in [0, 0.1) is 13.8 Å². The fourth-order valence-electron chi connectivity index (χ4n) is 4.08. The molecule has 0 bridgehead atoms. The van der Waals surface area contributed by atoms with E-state index in [0.717, 1.165) is 38.0 Å². The van der Waals surface area contributed by atoms with Gasteiger partial charge in [-0.2, -0.15) is 0 Å². The van der Waals surface area contributed by atoms with E-state index in [0.29, 0.717) is 11.4 Å². The van der Waals surface area contributed by atoms with Gasteiger partial charge in [-0.25, -0.2) is 14.5 Å². The van der Waals surface area contributed by atoms with Crippen molar-refractivity contribution in [3.63, 3.8) is 0 Å². The molecular formula is C31H24BrN3O3. The van der Waals surface area contributed by atoms with Gasteiger partial charge in [-0.3, -0.25) is 4.79 Å². The standard InChI is InChI=1S/C31H24BrN3O3/c1-20-7-6-10-27(21(20)2)35-30(25-15-17-26(32)18-16-25)33-29(34-35)31(37)38-19-28(36)24-13-11-23(12-14-24)22-8-4-3-5-9-22/h3-18H,19H2,1-2H3. The van der Waals surface area contributed by atoms with Gasteiger partial charge in [0.15, 0.2) is 18.2 Å². The van der Waals surface area contributed by atoms with Gasteiger partial charge in [0.05, 0.1) is 5.69 Å². The SMILES string of the molecule is Cc1cccc(-n2nc(C(=O)OCC(=O)c3ccc(-c4ccccc4)cc3)nc2-c2ccc(Br)cc2)c1C. The Morgan fingerprint density at radius 2 is 1.45 bits per heavy atom. The van der Waals surface area contributed by atoms with Gasteiger partial charge in [0.25, 0.3) is 5.82 Å². The number of hydrogen-bond acceptors (Lipinski definition) is 5. The van der Waals surface area contributed by atoms with Crippen molar-refractivity contribution in [2.24, 2.45) is 0 Å². The first-order valence-electron chi connectivity index (χ1n) is 12.1. The molecule has 5 rings (SSSR count). The molecule has 0 aliphatic rings. The van der Waals surface area contributed by atoms with Crippen LogP contribution in [-0.4, -0.2) is 33.1 Å². The fourth-order valence-corrected chi connectivity index (χ4v) is 4.34. The van der Waals surface area contributed by atoms with E-state index in [9.17, 15) is 9.59 Å². The van der Waals surface area contributed by atoms with Crippen LogP contribution in [-0.2, 0) is 4.74 Å². The third-order valence-corrected chi connectivity index (χ3v) is 6.87. The Morgan fingerprint density at radius 3 is 2.16 bits per heavy atom. The second-order valence-corrected chi connectivity index (χ2v) is 9.76. The van der Waals surface area contributed by atoms with E-state index in [1.54, 1.807) is 16.8 Å². The monoisotopic (exact) mass is 565 g/mol. The normalized spacial score (nSPS) is 10.8. The lowest BCUT2D eigenvalue weighted by atomic mass is 10.0. The van der Waals surface area contributed by atoms with E-state index in [-0.39, 0.29) is 11.6 Å². The summed E-state index contributed by atoms with van der Waals surface area (Å²) in [5.74, 6) is -0.682. The molecule has 0 saturated heterocycles. The van der Waals surface area contributed by atoms with Crippen molar-refractivity contribution in [1.82, 2.24) is 14.8 Å². The van der Waals surface area contributed by atoms with Gasteiger partial charge in [-0.15, -0.1) is 5.10 Å². The molecule has 0 aliphatic heterocycles. The molecule has 0 spiro atoms. The molecule has 7 heteroatoms. The Labute approximate surface area is 229 Å². The maximum absolute atomic E-state index is 12.9. The molecule has 5 aromatic rings. The van der Waals surface area contributed by atoms with Crippen LogP contribution in [0.2, 0.25) is 0 Å². The summed E-state index contributed by atoms with van der Waals surface area (Å²) < 4.78 is 7.91. The second-order valence-electron chi connectivity index (χ2n) is 8.84. The van der Waals surface area contributed by atoms with E-state index in [4.69, 9.17) is 4.74 Å². The number of halogens is 1. The molecule has 0 atom stereocenters. The van der Waals surface area contributed by atoms with E-state index in [2.05, 4.69) is 26.0 Å². The highest BCUT2D eigenvalue weighted by Crippen LogP contribution is 2.26. The predicted molar refractivity (Wildman–Crippen MR) is 150 cm³/mol. The number of esters is 1. The number of ether oxygens (including phenoxy) is 1. The Kier molecular flexibility index (Phi) is 7.29. The van der Waals surface area contributed by atoms with Crippen LogP contribution in [0.4, 0.5) is 0 Å². The van der Waals surface area contributed by atoms with Crippen LogP contribution in [0.1, 0.15) is 32.1 Å². The van der Waals surface area contributed by atoms with Gasteiger partial charge in [-0.1, -0.05) is 94.8 Å². The van der Waals surface area contributed by atoms with E-state index >= 15 is 0 Å². The third-order valence-electron chi connectivity index (χ3n) is 6.34. The third kappa shape index (κ3) is 5.33. The minimum absolute atomic E-state index is 0.115. The molecule has 0 aliphatic carbocycles. The Hall–Kier alpha value is -4.36. The summed E-state index contributed by atoms with van der Waals surface area (Å²) in [5.41, 5.74) is 6.23. The van der Waals surface area contributed by atoms with Crippen molar-refractivity contribution in [3.05, 3.63) is 124 Å². The first kappa shape index (κ1) is 25.3. The Morgan fingerprint density at radius 1 is 0.789 bits per heavy atom. The number of carbonyl (C=O) groups is 2. The van der Waals surface area contributed by atoms with Crippen LogP contribution in [0.3, 0.4) is 0 Å². The lowest BCUT2D eigenvalue weighted by Crippen LogP contribution is -2.15. The van der Waals surface area contributed by atoms with E-state index in [1.165, 1.54) is 0 Å². The average Bonchev–Trinajstić information content (AvgIpc) is 3.39. The van der Waals surface area contributed by atoms with Crippen LogP contribution in [0.25, 0.3) is 28.2 Å². The summed E-state index contributed by atoms with van der Waals surface area (Å²) in [7, 11) is 0. The molecular weight excluding hydrogens is 542 g/mol. The molecule has 0 fully saturated rings. The van der Waals surface area contributed by atoms with Gasteiger partial charge < -0.3 is 4.74 Å². The van der Waals surface area contributed by atoms with Gasteiger partial charge in [0, 0.05) is 15.6 Å². The largest absolute Gasteiger partial charge is 0.451 e. The van der Waals surface area contributed by atoms with Crippen molar-refractivity contribution in [2.75, 3.05) is 6.61 Å². The van der Waals surface area contributed by atoms with Crippen LogP contribution in [0.5, 0.6) is 0 Å². The zero-order chi connectivity index (χ0) is 26.6. The number of carbonyl (C=O) groups excluding carboxylic acids is 2. The highest BCUT2D eigenvalue weighted by molar-refractivity contribution is 9.10. The van der Waals surface area contributed by atoms with Crippen molar-refractivity contribution < 1.29 is 14.3 Å². The fraction of sp³-hybridized carbons (Fsp3) is 0.0968. The number of ketones is 1. The van der Waals surface area contributed by atoms with Crippen LogP contribution < -0.4 is 0 Å². The molecule has 0 N–H and O–H groups in total. The molecule has 6 nitrogen and oxygen atoms in total. The van der Waals surface area contributed by atoms with E-state index in [1.807, 2.05) is 98.8 Å². The minimum atomic E-state index is -0.762. The highest BCUT2D eigenvalue weighted by atomic mass is 79.9. The van der Waals surface area contributed by atoms with Crippen molar-refractivity contribution in [3.8, 4) is 28.2 Å². The lowest BCUT2D eigenvalue weighted by molar-refractivity contribution is 0.0462. The summed E-state index contributed by atoms with van der Waals surface area (Å²) in [5, 5.41) is 4.48. The second kappa shape index (κ2) is 10.9. The zero-order valence-corrected chi connectivity index (χ0v) is 22.5. The van der Waals surface area contributed by atoms with Gasteiger partial charge >= 0.3 is 5.97 Å². The molecule has 0 radical (unpaired) electrons. The summed E-state index contributed by atoms with van der Waals surface area (Å²) in [6.07, 6.45) is 0. The number of Topliss-reactive ketones (excluding diaryl/α,β-unsaturated/α-hetero) is 1. The van der Waals surface area contributed by atoms with Crippen LogP contribution in [0.15, 0.2) is 102 Å². The first-order valence-corrected chi connectivity index (χ1v) is 12.9. The summed E-state index contributed by atoms with van der Waals surface area (Å²) in [4.78, 5) is 30.2. The minimum Gasteiger partial charge on any atom is -0.451 e. The predicted octanol–water partition coefficient (Wildman–Crippen LogP) is 7.02. The Bertz CT molecular complexity index is 1610. The lowest BCUT2D eigenvalue weighted by Gasteiger charge is -2.11. The topological polar surface area (TPSA) is 74.1 Å². The molecule has 38 heavy (non-hydrogen) atoms. The maximum Gasteiger partial charge on any atom is 0.378 e. The summed E-state index contributed by atoms with van der Waals surface area (Å²) >= 11 is 3.45. The average molecular weight is 566 g/mol. The number of aryl methyl sites for hydroxylation is 1. The Balaban J connectivity index is 1.37. The number of aromatic nitrogens is 3. The van der Waals surface area contributed by atoms with Crippen molar-refractivity contribution in [1.29, 1.82) is 0 Å². The molecule has 4 aromatic carbocycles. The van der Waals surface area contributed by atoms with Crippen molar-refractivity contribution >= 4 is 27.7 Å². The van der Waals surface area contributed by atoms with Crippen LogP contribution >= 0.6 is 15.9 Å². The summed E-state index contributed by atoms with van der Waals surface area (Å²) in [6.45, 7) is 3.61. The van der Waals surface area contributed by atoms with Crippen molar-refractivity contribution in [2.45, 2.75) is 13.8 Å². The van der Waals surface area contributed by atoms with E-state index < -0.39 is 12.6 Å². The first-order chi connectivity index (χ1) is 18.4. The number of benzene rings is 4. The smallest absolute Gasteiger partial charge is 0.378 e. The molecule has 1 heterocycles. The zero-order valence-electron chi connectivity index (χ0n) is 20.9. The van der Waals surface area contributed by atoms with Gasteiger partial charge in [0.1, 0.15) is 0 Å². The molecule has 0 unspecified atom stereocenters. The highest BCUT2D eigenvalue weighted by Gasteiger charge is 2.22. The van der Waals surface area contributed by atoms with Gasteiger partial charge in [-0.05, 0) is 54.3 Å². The molecule has 0 amide bonds. The molecule has 0 saturated carbocycles. The number of nitrogens with zero attached hydrogens (tertiary/aromatic N) is 3. The van der Waals surface area contributed by atoms with Gasteiger partial charge in [0.2, 0.25) is 0 Å². The number of rotatable bonds is 7.